The van der Waals surface area contributed by atoms with Gasteiger partial charge in [0, 0.05) is 55.8 Å². The Morgan fingerprint density at radius 2 is 1.81 bits per heavy atom. The van der Waals surface area contributed by atoms with E-state index in [9.17, 15) is 4.79 Å². The van der Waals surface area contributed by atoms with E-state index >= 15 is 0 Å². The van der Waals surface area contributed by atoms with Crippen molar-refractivity contribution in [2.75, 3.05) is 38.5 Å². The Hall–Kier alpha value is -2.51. The molecule has 3 fully saturated rings. The first-order chi connectivity index (χ1) is 17.5. The number of nitrogens with zero attached hydrogens (tertiary/aromatic N) is 5. The van der Waals surface area contributed by atoms with Crippen LogP contribution in [-0.2, 0) is 17.8 Å². The van der Waals surface area contributed by atoms with Gasteiger partial charge in [-0.15, -0.1) is 0 Å². The van der Waals surface area contributed by atoms with Gasteiger partial charge in [0.15, 0.2) is 0 Å². The molecule has 4 heterocycles. The van der Waals surface area contributed by atoms with Crippen LogP contribution in [0.25, 0.3) is 0 Å². The first kappa shape index (κ1) is 23.9. The Morgan fingerprint density at radius 3 is 2.56 bits per heavy atom. The molecular weight excluding hydrogens is 448 g/mol. The molecule has 3 aliphatic heterocycles. The number of nitrogens with one attached hydrogen (secondary N) is 1. The zero-order valence-electron chi connectivity index (χ0n) is 21.8. The van der Waals surface area contributed by atoms with Crippen LogP contribution < -0.4 is 5.32 Å². The van der Waals surface area contributed by atoms with E-state index in [2.05, 4.69) is 69.3 Å². The maximum atomic E-state index is 14.0. The molecule has 0 bridgehead atoms. The van der Waals surface area contributed by atoms with Crippen molar-refractivity contribution >= 4 is 11.9 Å². The van der Waals surface area contributed by atoms with Crippen LogP contribution in [0.15, 0.2) is 36.5 Å². The number of hydrogen-bond donors (Lipinski definition) is 1. The minimum absolute atomic E-state index is 0.0173. The van der Waals surface area contributed by atoms with Gasteiger partial charge in [0.25, 0.3) is 0 Å². The van der Waals surface area contributed by atoms with Crippen molar-refractivity contribution in [1.82, 2.24) is 24.7 Å². The third-order valence-electron chi connectivity index (χ3n) is 8.89. The van der Waals surface area contributed by atoms with Gasteiger partial charge in [0.2, 0.25) is 11.9 Å². The highest BCUT2D eigenvalue weighted by atomic mass is 16.2. The zero-order chi connectivity index (χ0) is 24.6. The molecule has 192 valence electrons. The van der Waals surface area contributed by atoms with Gasteiger partial charge in [0.1, 0.15) is 0 Å². The molecule has 1 N–H and O–H groups in total. The van der Waals surface area contributed by atoms with Gasteiger partial charge in [-0.3, -0.25) is 4.79 Å². The SMILES string of the molecule is C[C@@H]1Cc2cnc(NC3CCN(C4CC4)CC3)nc2CN1C(=O)[C@H]1CCN(C)C[C@@H]1c1ccccc1. The lowest BCUT2D eigenvalue weighted by atomic mass is 9.79. The summed E-state index contributed by atoms with van der Waals surface area (Å²) in [5.41, 5.74) is 3.47. The fourth-order valence-electron chi connectivity index (χ4n) is 6.55. The average Bonchev–Trinajstić information content (AvgIpc) is 3.75. The normalized spacial score (nSPS) is 28.1. The number of piperidine rings is 2. The van der Waals surface area contributed by atoms with Gasteiger partial charge in [-0.25, -0.2) is 9.97 Å². The summed E-state index contributed by atoms with van der Waals surface area (Å²) < 4.78 is 0. The minimum atomic E-state index is 0.0173. The topological polar surface area (TPSA) is 64.6 Å². The van der Waals surface area contributed by atoms with Crippen LogP contribution in [0.1, 0.15) is 61.8 Å². The van der Waals surface area contributed by atoms with E-state index in [0.29, 0.717) is 12.6 Å². The Labute approximate surface area is 215 Å². The monoisotopic (exact) mass is 488 g/mol. The summed E-state index contributed by atoms with van der Waals surface area (Å²) in [6, 6.07) is 12.0. The predicted octanol–water partition coefficient (Wildman–Crippen LogP) is 3.52. The molecule has 1 aliphatic carbocycles. The van der Waals surface area contributed by atoms with Crippen molar-refractivity contribution in [1.29, 1.82) is 0 Å². The quantitative estimate of drug-likeness (QED) is 0.695. The number of likely N-dealkylation sites (tertiary alicyclic amines) is 2. The predicted molar refractivity (Wildman–Crippen MR) is 142 cm³/mol. The number of likely N-dealkylation sites (N-methyl/N-ethyl adjacent to an activating group) is 1. The van der Waals surface area contributed by atoms with Gasteiger partial charge in [0.05, 0.1) is 12.2 Å². The second-order valence-electron chi connectivity index (χ2n) is 11.5. The van der Waals surface area contributed by atoms with E-state index in [4.69, 9.17) is 4.98 Å². The van der Waals surface area contributed by atoms with Crippen LogP contribution in [0.5, 0.6) is 0 Å². The molecule has 1 amide bonds. The lowest BCUT2D eigenvalue weighted by Crippen LogP contribution is -2.50. The molecule has 1 saturated carbocycles. The molecule has 7 heteroatoms. The Bertz CT molecular complexity index is 1060. The number of carbonyl (C=O) groups excluding carboxylic acids is 1. The van der Waals surface area contributed by atoms with E-state index in [1.807, 2.05) is 6.20 Å². The summed E-state index contributed by atoms with van der Waals surface area (Å²) in [5.74, 6) is 1.26. The van der Waals surface area contributed by atoms with Crippen LogP contribution in [0.4, 0.5) is 5.95 Å². The van der Waals surface area contributed by atoms with Gasteiger partial charge >= 0.3 is 0 Å². The summed E-state index contributed by atoms with van der Waals surface area (Å²) in [6.07, 6.45) is 8.77. The number of anilines is 1. The molecule has 0 radical (unpaired) electrons. The Kier molecular flexibility index (Phi) is 6.69. The summed E-state index contributed by atoms with van der Waals surface area (Å²) in [6.45, 7) is 7.00. The molecule has 2 saturated heterocycles. The van der Waals surface area contributed by atoms with Crippen LogP contribution in [-0.4, -0.2) is 81.9 Å². The molecule has 0 spiro atoms. The van der Waals surface area contributed by atoms with E-state index < -0.39 is 0 Å². The summed E-state index contributed by atoms with van der Waals surface area (Å²) in [5, 5.41) is 3.61. The number of rotatable bonds is 5. The number of fused-ring (bicyclic) bond motifs is 1. The Morgan fingerprint density at radius 1 is 1.03 bits per heavy atom. The van der Waals surface area contributed by atoms with E-state index in [0.717, 1.165) is 56.5 Å². The average molecular weight is 489 g/mol. The second kappa shape index (κ2) is 10.1. The van der Waals surface area contributed by atoms with Crippen molar-refractivity contribution in [3.63, 3.8) is 0 Å². The molecule has 3 atom stereocenters. The van der Waals surface area contributed by atoms with Crippen molar-refractivity contribution in [3.05, 3.63) is 53.3 Å². The number of aromatic nitrogens is 2. The van der Waals surface area contributed by atoms with Crippen molar-refractivity contribution in [2.24, 2.45) is 5.92 Å². The third-order valence-corrected chi connectivity index (χ3v) is 8.89. The highest BCUT2D eigenvalue weighted by Crippen LogP contribution is 2.35. The van der Waals surface area contributed by atoms with Gasteiger partial charge in [-0.2, -0.15) is 0 Å². The van der Waals surface area contributed by atoms with Crippen molar-refractivity contribution in [2.45, 2.75) is 76.0 Å². The first-order valence-corrected chi connectivity index (χ1v) is 13.9. The molecule has 1 aromatic heterocycles. The lowest BCUT2D eigenvalue weighted by Gasteiger charge is -2.42. The Balaban J connectivity index is 1.15. The summed E-state index contributed by atoms with van der Waals surface area (Å²) in [4.78, 5) is 30.7. The van der Waals surface area contributed by atoms with Crippen LogP contribution in [0.2, 0.25) is 0 Å². The van der Waals surface area contributed by atoms with Gasteiger partial charge in [-0.1, -0.05) is 30.3 Å². The standard InChI is InChI=1S/C29H40N6O/c1-20-16-22-17-30-29(31-23-10-14-34(15-11-23)24-8-9-24)32-27(22)19-35(20)28(36)25-12-13-33(2)18-26(25)21-6-4-3-5-7-21/h3-7,17,20,23-26H,8-16,18-19H2,1-2H3,(H,30,31,32)/t20-,25+,26-/m1/s1. The smallest absolute Gasteiger partial charge is 0.227 e. The number of amides is 1. The number of hydrogen-bond acceptors (Lipinski definition) is 6. The molecule has 4 aliphatic rings. The van der Waals surface area contributed by atoms with Gasteiger partial charge in [-0.05, 0) is 70.2 Å². The molecule has 36 heavy (non-hydrogen) atoms. The number of benzene rings is 1. The fourth-order valence-corrected chi connectivity index (χ4v) is 6.55. The lowest BCUT2D eigenvalue weighted by molar-refractivity contribution is -0.141. The van der Waals surface area contributed by atoms with E-state index in [-0.39, 0.29) is 23.8 Å². The van der Waals surface area contributed by atoms with E-state index in [1.165, 1.54) is 37.1 Å². The minimum Gasteiger partial charge on any atom is -0.351 e. The molecule has 6 rings (SSSR count). The van der Waals surface area contributed by atoms with Crippen LogP contribution in [0.3, 0.4) is 0 Å². The molecule has 2 aromatic rings. The largest absolute Gasteiger partial charge is 0.351 e. The fraction of sp³-hybridized carbons (Fsp3) is 0.621. The van der Waals surface area contributed by atoms with Gasteiger partial charge < -0.3 is 20.0 Å². The van der Waals surface area contributed by atoms with Crippen molar-refractivity contribution in [3.8, 4) is 0 Å². The summed E-state index contributed by atoms with van der Waals surface area (Å²) >= 11 is 0. The van der Waals surface area contributed by atoms with Crippen LogP contribution in [0, 0.1) is 5.92 Å². The van der Waals surface area contributed by atoms with Crippen molar-refractivity contribution < 1.29 is 4.79 Å². The third kappa shape index (κ3) is 5.00. The zero-order valence-corrected chi connectivity index (χ0v) is 21.8. The maximum Gasteiger partial charge on any atom is 0.227 e. The molecule has 7 nitrogen and oxygen atoms in total. The first-order valence-electron chi connectivity index (χ1n) is 13.9. The second-order valence-corrected chi connectivity index (χ2v) is 11.5. The highest BCUT2D eigenvalue weighted by Gasteiger charge is 2.39. The van der Waals surface area contributed by atoms with E-state index in [1.54, 1.807) is 0 Å². The number of carbonyl (C=O) groups is 1. The van der Waals surface area contributed by atoms with Crippen LogP contribution >= 0.6 is 0 Å². The molecule has 0 unspecified atom stereocenters. The highest BCUT2D eigenvalue weighted by molar-refractivity contribution is 5.80. The summed E-state index contributed by atoms with van der Waals surface area (Å²) in [7, 11) is 2.16. The maximum absolute atomic E-state index is 14.0. The molecule has 1 aromatic carbocycles. The molecular formula is C29H40N6O.